The summed E-state index contributed by atoms with van der Waals surface area (Å²) in [6.07, 6.45) is 0.109. The molecule has 1 N–H and O–H groups in total. The lowest BCUT2D eigenvalue weighted by Gasteiger charge is -2.26. The topological polar surface area (TPSA) is 38.3 Å². The third kappa shape index (κ3) is 2.07. The van der Waals surface area contributed by atoms with Gasteiger partial charge in [0.25, 0.3) is 0 Å². The number of carbonyl (C=O) groups excluding carboxylic acids is 1. The van der Waals surface area contributed by atoms with Crippen LogP contribution in [0, 0.1) is 0 Å². The quantitative estimate of drug-likeness (QED) is 0.870. The van der Waals surface area contributed by atoms with Gasteiger partial charge < -0.3 is 4.74 Å². The summed E-state index contributed by atoms with van der Waals surface area (Å²) in [6.45, 7) is 0. The summed E-state index contributed by atoms with van der Waals surface area (Å²) in [6, 6.07) is 17.8. The summed E-state index contributed by atoms with van der Waals surface area (Å²) >= 11 is 0. The van der Waals surface area contributed by atoms with Crippen LogP contribution < -0.4 is 5.32 Å². The van der Waals surface area contributed by atoms with E-state index in [1.54, 1.807) is 0 Å². The first kappa shape index (κ1) is 10.8. The minimum atomic E-state index is -0.380. The van der Waals surface area contributed by atoms with Gasteiger partial charge in [0.1, 0.15) is 6.10 Å². The fraction of sp³-hybridized carbons (Fsp3) is 0.133. The van der Waals surface area contributed by atoms with Crippen LogP contribution in [0.2, 0.25) is 0 Å². The van der Waals surface area contributed by atoms with Crippen LogP contribution in [0.25, 0.3) is 0 Å². The van der Waals surface area contributed by atoms with Crippen molar-refractivity contribution in [2.75, 3.05) is 5.32 Å². The van der Waals surface area contributed by atoms with Crippen LogP contribution in [0.5, 0.6) is 0 Å². The molecule has 3 rings (SSSR count). The van der Waals surface area contributed by atoms with Crippen molar-refractivity contribution >= 4 is 11.8 Å². The van der Waals surface area contributed by atoms with E-state index in [-0.39, 0.29) is 12.2 Å². The van der Waals surface area contributed by atoms with Gasteiger partial charge >= 0.3 is 6.09 Å². The summed E-state index contributed by atoms with van der Waals surface area (Å²) in [4.78, 5) is 11.5. The number of para-hydroxylation sites is 1. The SMILES string of the molecule is O=C1Nc2ccccc2[C@H](Cc2ccccc2)O1. The van der Waals surface area contributed by atoms with E-state index in [4.69, 9.17) is 4.74 Å². The van der Waals surface area contributed by atoms with Crippen LogP contribution in [0.15, 0.2) is 54.6 Å². The average Bonchev–Trinajstić information content (AvgIpc) is 2.40. The molecule has 0 fully saturated rings. The molecule has 1 amide bonds. The Morgan fingerprint density at radius 2 is 1.72 bits per heavy atom. The standard InChI is InChI=1S/C15H13NO2/c17-15-16-13-9-5-4-8-12(13)14(18-15)10-11-6-2-1-3-7-11/h1-9,14H,10H2,(H,16,17)/t14-/m0/s1. The number of anilines is 1. The van der Waals surface area contributed by atoms with Crippen LogP contribution in [0.4, 0.5) is 10.5 Å². The molecule has 2 aromatic rings. The van der Waals surface area contributed by atoms with Crippen molar-refractivity contribution in [3.8, 4) is 0 Å². The van der Waals surface area contributed by atoms with E-state index < -0.39 is 0 Å². The van der Waals surface area contributed by atoms with E-state index in [0.717, 1.165) is 16.8 Å². The van der Waals surface area contributed by atoms with Crippen LogP contribution in [-0.4, -0.2) is 6.09 Å². The molecular formula is C15H13NO2. The predicted molar refractivity (Wildman–Crippen MR) is 69.4 cm³/mol. The first-order valence-corrected chi connectivity index (χ1v) is 5.93. The second-order valence-electron chi connectivity index (χ2n) is 4.30. The fourth-order valence-corrected chi connectivity index (χ4v) is 2.20. The Kier molecular flexibility index (Phi) is 2.73. The molecule has 3 nitrogen and oxygen atoms in total. The Morgan fingerprint density at radius 1 is 1.00 bits per heavy atom. The van der Waals surface area contributed by atoms with Crippen molar-refractivity contribution in [1.29, 1.82) is 0 Å². The Balaban J connectivity index is 1.91. The molecule has 1 atom stereocenters. The van der Waals surface area contributed by atoms with Gasteiger partial charge in [-0.15, -0.1) is 0 Å². The number of ether oxygens (including phenoxy) is 1. The maximum Gasteiger partial charge on any atom is 0.412 e. The van der Waals surface area contributed by atoms with Crippen LogP contribution in [-0.2, 0) is 11.2 Å². The maximum atomic E-state index is 11.5. The molecule has 0 saturated heterocycles. The zero-order valence-electron chi connectivity index (χ0n) is 9.80. The number of hydrogen-bond donors (Lipinski definition) is 1. The van der Waals surface area contributed by atoms with Gasteiger partial charge in [0.05, 0.1) is 5.69 Å². The molecule has 1 aliphatic heterocycles. The van der Waals surface area contributed by atoms with Crippen LogP contribution in [0.3, 0.4) is 0 Å². The average molecular weight is 239 g/mol. The van der Waals surface area contributed by atoms with Gasteiger partial charge in [-0.25, -0.2) is 4.79 Å². The Bertz CT molecular complexity index is 566. The summed E-state index contributed by atoms with van der Waals surface area (Å²) in [5, 5.41) is 2.71. The van der Waals surface area contributed by atoms with Gasteiger partial charge in [0, 0.05) is 12.0 Å². The fourth-order valence-electron chi connectivity index (χ4n) is 2.20. The second-order valence-corrected chi connectivity index (χ2v) is 4.30. The van der Waals surface area contributed by atoms with Crippen molar-refractivity contribution in [3.05, 3.63) is 65.7 Å². The summed E-state index contributed by atoms with van der Waals surface area (Å²) in [5.41, 5.74) is 3.03. The summed E-state index contributed by atoms with van der Waals surface area (Å²) < 4.78 is 5.37. The lowest BCUT2D eigenvalue weighted by Crippen LogP contribution is -2.25. The van der Waals surface area contributed by atoms with Crippen molar-refractivity contribution < 1.29 is 9.53 Å². The third-order valence-corrected chi connectivity index (χ3v) is 3.06. The molecule has 0 aliphatic carbocycles. The highest BCUT2D eigenvalue weighted by Crippen LogP contribution is 2.32. The minimum absolute atomic E-state index is 0.211. The number of cyclic esters (lactones) is 1. The molecule has 0 unspecified atom stereocenters. The first-order valence-electron chi connectivity index (χ1n) is 5.93. The Labute approximate surface area is 105 Å². The smallest absolute Gasteiger partial charge is 0.412 e. The molecule has 18 heavy (non-hydrogen) atoms. The molecule has 90 valence electrons. The van der Waals surface area contributed by atoms with Gasteiger partial charge in [0.15, 0.2) is 0 Å². The maximum absolute atomic E-state index is 11.5. The first-order chi connectivity index (χ1) is 8.83. The van der Waals surface area contributed by atoms with E-state index in [9.17, 15) is 4.79 Å². The van der Waals surface area contributed by atoms with Crippen LogP contribution in [0.1, 0.15) is 17.2 Å². The Hall–Kier alpha value is -2.29. The van der Waals surface area contributed by atoms with Crippen molar-refractivity contribution in [2.24, 2.45) is 0 Å². The van der Waals surface area contributed by atoms with E-state index >= 15 is 0 Å². The molecule has 3 heteroatoms. The largest absolute Gasteiger partial charge is 0.441 e. The zero-order valence-corrected chi connectivity index (χ0v) is 9.80. The number of amides is 1. The van der Waals surface area contributed by atoms with Gasteiger partial charge in [-0.1, -0.05) is 48.5 Å². The molecule has 0 saturated carbocycles. The monoisotopic (exact) mass is 239 g/mol. The lowest BCUT2D eigenvalue weighted by atomic mass is 9.99. The van der Waals surface area contributed by atoms with Crippen LogP contribution >= 0.6 is 0 Å². The lowest BCUT2D eigenvalue weighted by molar-refractivity contribution is 0.106. The molecule has 1 heterocycles. The molecule has 1 aliphatic rings. The molecule has 0 bridgehead atoms. The second kappa shape index (κ2) is 4.53. The number of carbonyl (C=O) groups is 1. The van der Waals surface area contributed by atoms with Gasteiger partial charge in [-0.3, -0.25) is 5.32 Å². The third-order valence-electron chi connectivity index (χ3n) is 3.06. The number of nitrogens with one attached hydrogen (secondary N) is 1. The minimum Gasteiger partial charge on any atom is -0.441 e. The van der Waals surface area contributed by atoms with E-state index in [1.807, 2.05) is 54.6 Å². The zero-order chi connectivity index (χ0) is 12.4. The molecule has 2 aromatic carbocycles. The number of benzene rings is 2. The molecule has 0 aromatic heterocycles. The van der Waals surface area contributed by atoms with Gasteiger partial charge in [-0.05, 0) is 11.6 Å². The van der Waals surface area contributed by atoms with Gasteiger partial charge in [0.2, 0.25) is 0 Å². The van der Waals surface area contributed by atoms with E-state index in [1.165, 1.54) is 0 Å². The molecule has 0 spiro atoms. The number of hydrogen-bond acceptors (Lipinski definition) is 2. The summed E-state index contributed by atoms with van der Waals surface area (Å²) in [7, 11) is 0. The van der Waals surface area contributed by atoms with E-state index in [0.29, 0.717) is 6.42 Å². The highest BCUT2D eigenvalue weighted by Gasteiger charge is 2.25. The molecule has 0 radical (unpaired) electrons. The van der Waals surface area contributed by atoms with Crippen molar-refractivity contribution in [1.82, 2.24) is 0 Å². The van der Waals surface area contributed by atoms with E-state index in [2.05, 4.69) is 5.32 Å². The molecular weight excluding hydrogens is 226 g/mol. The Morgan fingerprint density at radius 3 is 2.56 bits per heavy atom. The predicted octanol–water partition coefficient (Wildman–Crippen LogP) is 3.53. The number of rotatable bonds is 2. The summed E-state index contributed by atoms with van der Waals surface area (Å²) in [5.74, 6) is 0. The van der Waals surface area contributed by atoms with Gasteiger partial charge in [-0.2, -0.15) is 0 Å². The van der Waals surface area contributed by atoms with Crippen molar-refractivity contribution in [2.45, 2.75) is 12.5 Å². The number of fused-ring (bicyclic) bond motifs is 1. The highest BCUT2D eigenvalue weighted by atomic mass is 16.6. The van der Waals surface area contributed by atoms with Crippen molar-refractivity contribution in [3.63, 3.8) is 0 Å². The normalized spacial score (nSPS) is 17.6. The highest BCUT2D eigenvalue weighted by molar-refractivity contribution is 5.88.